The molecule has 1 heterocycles. The van der Waals surface area contributed by atoms with Crippen LogP contribution in [0.25, 0.3) is 0 Å². The lowest BCUT2D eigenvalue weighted by molar-refractivity contribution is 0.0416. The Morgan fingerprint density at radius 2 is 1.84 bits per heavy atom. The van der Waals surface area contributed by atoms with Gasteiger partial charge < -0.3 is 24.8 Å². The molecule has 6 heteroatoms. The summed E-state index contributed by atoms with van der Waals surface area (Å²) < 4.78 is 4.91. The van der Waals surface area contributed by atoms with E-state index in [2.05, 4.69) is 0 Å². The van der Waals surface area contributed by atoms with E-state index in [1.165, 1.54) is 6.07 Å². The molecule has 0 amide bonds. The van der Waals surface area contributed by atoms with Gasteiger partial charge in [0.15, 0.2) is 0 Å². The highest BCUT2D eigenvalue weighted by Gasteiger charge is 2.23. The number of aromatic hydroxyl groups is 1. The largest absolute Gasteiger partial charge is 0.508 e. The van der Waals surface area contributed by atoms with Gasteiger partial charge in [0.1, 0.15) is 11.5 Å². The van der Waals surface area contributed by atoms with Crippen molar-refractivity contribution < 1.29 is 24.8 Å². The van der Waals surface area contributed by atoms with E-state index in [1.807, 2.05) is 26.8 Å². The average Bonchev–Trinajstić information content (AvgIpc) is 2.56. The third kappa shape index (κ3) is 6.49. The third-order valence-electron chi connectivity index (χ3n) is 4.39. The molecule has 0 unspecified atom stereocenters. The standard InChI is InChI=1S/C19H28O6/c1-5-11(2)19(24)12(3)6-7-16(21)13(4)17(22)10-15-8-14(20)9-18(23)25-15/h5-9,12-13,16-17,19-22,24H,10H2,1-4H3/b7-6+,11-5+/t12-,13-,16-,17+,19-/m0/s1. The lowest BCUT2D eigenvalue weighted by atomic mass is 9.92. The molecular weight excluding hydrogens is 324 g/mol. The molecule has 1 rings (SSSR count). The van der Waals surface area contributed by atoms with Crippen molar-refractivity contribution in [2.24, 2.45) is 11.8 Å². The first-order valence-corrected chi connectivity index (χ1v) is 8.34. The molecule has 1 aromatic heterocycles. The van der Waals surface area contributed by atoms with Crippen LogP contribution in [0.1, 0.15) is 33.5 Å². The average molecular weight is 352 g/mol. The quantitative estimate of drug-likeness (QED) is 0.531. The van der Waals surface area contributed by atoms with Crippen molar-refractivity contribution in [2.75, 3.05) is 0 Å². The minimum absolute atomic E-state index is 0.00837. The molecule has 140 valence electrons. The number of allylic oxidation sites excluding steroid dienone is 1. The molecule has 0 saturated carbocycles. The van der Waals surface area contributed by atoms with Gasteiger partial charge in [-0.1, -0.05) is 32.1 Å². The minimum Gasteiger partial charge on any atom is -0.508 e. The summed E-state index contributed by atoms with van der Waals surface area (Å²) in [4.78, 5) is 11.2. The Balaban J connectivity index is 2.69. The van der Waals surface area contributed by atoms with Crippen LogP contribution in [-0.2, 0) is 6.42 Å². The molecule has 0 aliphatic heterocycles. The predicted octanol–water partition coefficient (Wildman–Crippen LogP) is 1.77. The van der Waals surface area contributed by atoms with E-state index >= 15 is 0 Å². The normalized spacial score (nSPS) is 18.8. The summed E-state index contributed by atoms with van der Waals surface area (Å²) in [5, 5.41) is 39.9. The van der Waals surface area contributed by atoms with Gasteiger partial charge in [-0.3, -0.25) is 0 Å². The molecule has 4 N–H and O–H groups in total. The molecule has 0 fully saturated rings. The molecule has 0 aromatic carbocycles. The Kier molecular flexibility index (Phi) is 8.09. The van der Waals surface area contributed by atoms with Crippen molar-refractivity contribution in [3.8, 4) is 5.75 Å². The predicted molar refractivity (Wildman–Crippen MR) is 95.3 cm³/mol. The highest BCUT2D eigenvalue weighted by atomic mass is 16.4. The fourth-order valence-corrected chi connectivity index (χ4v) is 2.39. The van der Waals surface area contributed by atoms with Crippen molar-refractivity contribution in [1.29, 1.82) is 0 Å². The second kappa shape index (κ2) is 9.56. The fraction of sp³-hybridized carbons (Fsp3) is 0.526. The summed E-state index contributed by atoms with van der Waals surface area (Å²) in [5.41, 5.74) is 0.149. The van der Waals surface area contributed by atoms with Gasteiger partial charge in [0.25, 0.3) is 0 Å². The van der Waals surface area contributed by atoms with E-state index in [0.29, 0.717) is 0 Å². The van der Waals surface area contributed by atoms with Crippen LogP contribution in [0.15, 0.2) is 45.1 Å². The van der Waals surface area contributed by atoms with E-state index in [1.54, 1.807) is 19.1 Å². The Labute approximate surface area is 147 Å². The maximum atomic E-state index is 11.2. The summed E-state index contributed by atoms with van der Waals surface area (Å²) in [6.45, 7) is 7.19. The maximum Gasteiger partial charge on any atom is 0.339 e. The van der Waals surface area contributed by atoms with E-state index in [-0.39, 0.29) is 23.8 Å². The van der Waals surface area contributed by atoms with Gasteiger partial charge in [-0.25, -0.2) is 4.79 Å². The zero-order valence-electron chi connectivity index (χ0n) is 15.1. The van der Waals surface area contributed by atoms with Crippen molar-refractivity contribution in [1.82, 2.24) is 0 Å². The Morgan fingerprint density at radius 3 is 2.40 bits per heavy atom. The van der Waals surface area contributed by atoms with Crippen LogP contribution in [-0.4, -0.2) is 38.7 Å². The van der Waals surface area contributed by atoms with Crippen LogP contribution in [0.4, 0.5) is 0 Å². The first-order chi connectivity index (χ1) is 11.6. The smallest absolute Gasteiger partial charge is 0.339 e. The zero-order valence-corrected chi connectivity index (χ0v) is 15.1. The fourth-order valence-electron chi connectivity index (χ4n) is 2.39. The summed E-state index contributed by atoms with van der Waals surface area (Å²) in [6, 6.07) is 2.20. The van der Waals surface area contributed by atoms with Crippen molar-refractivity contribution in [2.45, 2.75) is 52.4 Å². The summed E-state index contributed by atoms with van der Waals surface area (Å²) in [6.07, 6.45) is 2.55. The molecule has 25 heavy (non-hydrogen) atoms. The van der Waals surface area contributed by atoms with Crippen LogP contribution in [0.3, 0.4) is 0 Å². The van der Waals surface area contributed by atoms with Crippen molar-refractivity contribution in [3.63, 3.8) is 0 Å². The van der Waals surface area contributed by atoms with Crippen LogP contribution in [0.5, 0.6) is 5.75 Å². The molecule has 1 aromatic rings. The molecule has 6 nitrogen and oxygen atoms in total. The van der Waals surface area contributed by atoms with Gasteiger partial charge in [0.2, 0.25) is 0 Å². The summed E-state index contributed by atoms with van der Waals surface area (Å²) in [5.74, 6) is -0.794. The van der Waals surface area contributed by atoms with Crippen LogP contribution < -0.4 is 5.63 Å². The van der Waals surface area contributed by atoms with Gasteiger partial charge in [-0.05, 0) is 19.4 Å². The third-order valence-corrected chi connectivity index (χ3v) is 4.39. The van der Waals surface area contributed by atoms with Crippen molar-refractivity contribution >= 4 is 0 Å². The van der Waals surface area contributed by atoms with Crippen molar-refractivity contribution in [3.05, 3.63) is 52.1 Å². The zero-order chi connectivity index (χ0) is 19.1. The molecule has 0 bridgehead atoms. The summed E-state index contributed by atoms with van der Waals surface area (Å²) >= 11 is 0. The van der Waals surface area contributed by atoms with E-state index in [0.717, 1.165) is 11.6 Å². The maximum absolute atomic E-state index is 11.2. The molecule has 0 saturated heterocycles. The molecule has 0 aliphatic rings. The first-order valence-electron chi connectivity index (χ1n) is 8.34. The number of aliphatic hydroxyl groups excluding tert-OH is 3. The van der Waals surface area contributed by atoms with E-state index < -0.39 is 29.9 Å². The number of rotatable bonds is 8. The Morgan fingerprint density at radius 1 is 1.20 bits per heavy atom. The Bertz CT molecular complexity index is 660. The van der Waals surface area contributed by atoms with Gasteiger partial charge in [0.05, 0.1) is 24.4 Å². The Hall–Kier alpha value is -1.89. The van der Waals surface area contributed by atoms with Gasteiger partial charge in [-0.15, -0.1) is 0 Å². The second-order valence-corrected chi connectivity index (χ2v) is 6.44. The van der Waals surface area contributed by atoms with Crippen LogP contribution in [0.2, 0.25) is 0 Å². The lowest BCUT2D eigenvalue weighted by Gasteiger charge is -2.22. The van der Waals surface area contributed by atoms with Gasteiger partial charge in [-0.2, -0.15) is 0 Å². The van der Waals surface area contributed by atoms with Crippen LogP contribution in [0, 0.1) is 11.8 Å². The number of hydrogen-bond acceptors (Lipinski definition) is 6. The SMILES string of the molecule is C/C=C(\C)[C@H](O)[C@@H](C)/C=C/[C@H](O)[C@H](C)[C@H](O)Cc1cc(O)cc(=O)o1. The molecule has 0 spiro atoms. The first kappa shape index (κ1) is 21.2. The highest BCUT2D eigenvalue weighted by molar-refractivity contribution is 5.19. The molecule has 0 aliphatic carbocycles. The van der Waals surface area contributed by atoms with E-state index in [9.17, 15) is 25.2 Å². The number of hydrogen-bond donors (Lipinski definition) is 4. The van der Waals surface area contributed by atoms with Gasteiger partial charge in [0, 0.05) is 24.3 Å². The second-order valence-electron chi connectivity index (χ2n) is 6.44. The molecule has 0 radical (unpaired) electrons. The van der Waals surface area contributed by atoms with E-state index in [4.69, 9.17) is 4.42 Å². The topological polar surface area (TPSA) is 111 Å². The van der Waals surface area contributed by atoms with Gasteiger partial charge >= 0.3 is 5.63 Å². The minimum atomic E-state index is -0.970. The summed E-state index contributed by atoms with van der Waals surface area (Å²) in [7, 11) is 0. The number of aliphatic hydroxyl groups is 3. The molecular formula is C19H28O6. The highest BCUT2D eigenvalue weighted by Crippen LogP contribution is 2.19. The molecule has 5 atom stereocenters. The monoisotopic (exact) mass is 352 g/mol. The van der Waals surface area contributed by atoms with Crippen LogP contribution >= 0.6 is 0 Å². The lowest BCUT2D eigenvalue weighted by Crippen LogP contribution is -2.30.